The van der Waals surface area contributed by atoms with Gasteiger partial charge in [-0.05, 0) is 61.6 Å². The number of amides is 2. The molecule has 1 aliphatic carbocycles. The number of carbonyl (C=O) groups is 2. The number of rotatable bonds is 7. The summed E-state index contributed by atoms with van der Waals surface area (Å²) in [6.07, 6.45) is 2.72. The van der Waals surface area contributed by atoms with E-state index in [0.29, 0.717) is 29.7 Å². The molecule has 30 heavy (non-hydrogen) atoms. The number of benzene rings is 1. The highest BCUT2D eigenvalue weighted by Gasteiger charge is 2.38. The number of nitrogens with one attached hydrogen (secondary N) is 2. The van der Waals surface area contributed by atoms with E-state index in [2.05, 4.69) is 28.7 Å². The smallest absolute Gasteiger partial charge is 0.227 e. The second kappa shape index (κ2) is 8.18. The highest BCUT2D eigenvalue weighted by atomic mass is 16.3. The molecule has 2 aromatic heterocycles. The summed E-state index contributed by atoms with van der Waals surface area (Å²) in [6.45, 7) is 6.42. The zero-order chi connectivity index (χ0) is 21.3. The Bertz CT molecular complexity index is 1050. The summed E-state index contributed by atoms with van der Waals surface area (Å²) >= 11 is 0. The molecule has 1 aromatic carbocycles. The van der Waals surface area contributed by atoms with Crippen LogP contribution in [0, 0.1) is 25.7 Å². The minimum absolute atomic E-state index is 0.0377. The molecule has 7 heteroatoms. The highest BCUT2D eigenvalue weighted by Crippen LogP contribution is 2.37. The van der Waals surface area contributed by atoms with Crippen LogP contribution >= 0.6 is 0 Å². The molecule has 0 bridgehead atoms. The number of hydrogen-bond acceptors (Lipinski definition) is 4. The van der Waals surface area contributed by atoms with Gasteiger partial charge in [0.2, 0.25) is 11.8 Å². The van der Waals surface area contributed by atoms with Crippen LogP contribution in [0.5, 0.6) is 0 Å². The van der Waals surface area contributed by atoms with E-state index in [9.17, 15) is 9.59 Å². The lowest BCUT2D eigenvalue weighted by atomic mass is 10.1. The molecule has 4 rings (SSSR count). The lowest BCUT2D eigenvalue weighted by Crippen LogP contribution is -2.29. The molecule has 7 nitrogen and oxygen atoms in total. The van der Waals surface area contributed by atoms with Crippen LogP contribution in [0.25, 0.3) is 17.1 Å². The molecular formula is C23H26N4O3. The van der Waals surface area contributed by atoms with Crippen LogP contribution in [0.1, 0.15) is 30.9 Å². The number of aromatic nitrogens is 2. The van der Waals surface area contributed by atoms with Gasteiger partial charge in [-0.25, -0.2) is 4.68 Å². The minimum atomic E-state index is -0.185. The van der Waals surface area contributed by atoms with Gasteiger partial charge >= 0.3 is 0 Å². The summed E-state index contributed by atoms with van der Waals surface area (Å²) in [5, 5.41) is 10.4. The predicted octanol–water partition coefficient (Wildman–Crippen LogP) is 3.85. The fourth-order valence-electron chi connectivity index (χ4n) is 3.61. The molecule has 0 unspecified atom stereocenters. The summed E-state index contributed by atoms with van der Waals surface area (Å²) < 4.78 is 7.18. The molecule has 0 saturated heterocycles. The predicted molar refractivity (Wildman–Crippen MR) is 114 cm³/mol. The van der Waals surface area contributed by atoms with Gasteiger partial charge in [-0.2, -0.15) is 5.10 Å². The van der Waals surface area contributed by atoms with Crippen LogP contribution in [-0.2, 0) is 9.59 Å². The summed E-state index contributed by atoms with van der Waals surface area (Å²) in [6, 6.07) is 11.5. The molecule has 2 heterocycles. The average Bonchev–Trinajstić information content (AvgIpc) is 3.09. The van der Waals surface area contributed by atoms with Crippen molar-refractivity contribution in [2.24, 2.45) is 11.8 Å². The summed E-state index contributed by atoms with van der Waals surface area (Å²) in [7, 11) is 0. The molecule has 2 atom stereocenters. The fourth-order valence-corrected chi connectivity index (χ4v) is 3.61. The Morgan fingerprint density at radius 1 is 1.20 bits per heavy atom. The van der Waals surface area contributed by atoms with Crippen LogP contribution in [0.15, 0.2) is 47.1 Å². The third kappa shape index (κ3) is 4.45. The van der Waals surface area contributed by atoms with E-state index in [1.807, 2.05) is 32.0 Å². The maximum atomic E-state index is 12.5. The second-order valence-electron chi connectivity index (χ2n) is 8.06. The number of aryl methyl sites for hydroxylation is 2. The van der Waals surface area contributed by atoms with Gasteiger partial charge in [0.15, 0.2) is 5.76 Å². The zero-order valence-corrected chi connectivity index (χ0v) is 17.4. The quantitative estimate of drug-likeness (QED) is 0.624. The van der Waals surface area contributed by atoms with E-state index in [1.54, 1.807) is 23.1 Å². The van der Waals surface area contributed by atoms with Crippen molar-refractivity contribution in [2.75, 3.05) is 11.9 Å². The lowest BCUT2D eigenvalue weighted by molar-refractivity contribution is -0.122. The summed E-state index contributed by atoms with van der Waals surface area (Å²) in [4.78, 5) is 24.5. The molecular weight excluding hydrogens is 380 g/mol. The normalized spacial score (nSPS) is 17.6. The van der Waals surface area contributed by atoms with E-state index in [0.717, 1.165) is 23.2 Å². The van der Waals surface area contributed by atoms with Crippen LogP contribution < -0.4 is 10.6 Å². The molecule has 2 amide bonds. The Kier molecular flexibility index (Phi) is 5.44. The van der Waals surface area contributed by atoms with Gasteiger partial charge < -0.3 is 15.1 Å². The van der Waals surface area contributed by atoms with E-state index in [1.165, 1.54) is 0 Å². The van der Waals surface area contributed by atoms with Gasteiger partial charge in [-0.15, -0.1) is 0 Å². The van der Waals surface area contributed by atoms with Crippen LogP contribution in [0.3, 0.4) is 0 Å². The Labute approximate surface area is 175 Å². The maximum Gasteiger partial charge on any atom is 0.227 e. The largest absolute Gasteiger partial charge is 0.463 e. The first-order chi connectivity index (χ1) is 14.4. The molecule has 3 aromatic rings. The number of nitrogens with zero attached hydrogens (tertiary/aromatic N) is 2. The van der Waals surface area contributed by atoms with E-state index >= 15 is 0 Å². The monoisotopic (exact) mass is 406 g/mol. The first kappa shape index (κ1) is 19.9. The van der Waals surface area contributed by atoms with Crippen molar-refractivity contribution in [2.45, 2.75) is 33.6 Å². The molecule has 0 spiro atoms. The van der Waals surface area contributed by atoms with Crippen LogP contribution in [0.2, 0.25) is 0 Å². The highest BCUT2D eigenvalue weighted by molar-refractivity contribution is 5.91. The first-order valence-corrected chi connectivity index (χ1v) is 10.2. The number of carbonyl (C=O) groups excluding carboxylic acids is 2. The Morgan fingerprint density at radius 3 is 2.57 bits per heavy atom. The van der Waals surface area contributed by atoms with Gasteiger partial charge in [-0.3, -0.25) is 9.59 Å². The van der Waals surface area contributed by atoms with E-state index < -0.39 is 0 Å². The van der Waals surface area contributed by atoms with Crippen molar-refractivity contribution in [1.29, 1.82) is 0 Å². The molecule has 1 saturated carbocycles. The van der Waals surface area contributed by atoms with Crippen molar-refractivity contribution in [1.82, 2.24) is 15.1 Å². The van der Waals surface area contributed by atoms with Crippen molar-refractivity contribution < 1.29 is 14.0 Å². The molecule has 2 N–H and O–H groups in total. The van der Waals surface area contributed by atoms with Crippen molar-refractivity contribution >= 4 is 17.6 Å². The Hall–Kier alpha value is -3.35. The van der Waals surface area contributed by atoms with Gasteiger partial charge in [0, 0.05) is 24.9 Å². The third-order valence-corrected chi connectivity index (χ3v) is 5.30. The van der Waals surface area contributed by atoms with Crippen LogP contribution in [0.4, 0.5) is 5.82 Å². The summed E-state index contributed by atoms with van der Waals surface area (Å²) in [5.41, 5.74) is 3.70. The molecule has 1 aliphatic rings. The minimum Gasteiger partial charge on any atom is -0.463 e. The zero-order valence-electron chi connectivity index (χ0n) is 17.4. The molecule has 156 valence electrons. The number of anilines is 1. The van der Waals surface area contributed by atoms with Crippen molar-refractivity contribution in [3.8, 4) is 17.1 Å². The molecule has 0 radical (unpaired) electrons. The fraction of sp³-hybridized carbons (Fsp3) is 0.348. The van der Waals surface area contributed by atoms with E-state index in [-0.39, 0.29) is 24.2 Å². The van der Waals surface area contributed by atoms with Gasteiger partial charge in [0.05, 0.1) is 12.0 Å². The third-order valence-electron chi connectivity index (χ3n) is 5.30. The number of furan rings is 1. The number of hydrogen-bond donors (Lipinski definition) is 2. The Morgan fingerprint density at radius 2 is 1.93 bits per heavy atom. The lowest BCUT2D eigenvalue weighted by Gasteiger charge is -2.11. The van der Waals surface area contributed by atoms with Gasteiger partial charge in [0.1, 0.15) is 11.5 Å². The standard InChI is InChI=1S/C23H26N4O3/c1-14-9-15(2)11-17(10-14)27-21(13-19(26-27)20-5-4-8-30-20)25-22(28)6-7-24-23(29)18-12-16(18)3/h4-5,8-11,13,16,18H,6-7,12H2,1-3H3,(H,24,29)(H,25,28)/t16-,18-/m1/s1. The van der Waals surface area contributed by atoms with Crippen LogP contribution in [-0.4, -0.2) is 28.1 Å². The SMILES string of the molecule is Cc1cc(C)cc(-n2nc(-c3ccco3)cc2NC(=O)CCNC(=O)[C@@H]2C[C@H]2C)c1. The topological polar surface area (TPSA) is 89.2 Å². The van der Waals surface area contributed by atoms with Gasteiger partial charge in [0.25, 0.3) is 0 Å². The van der Waals surface area contributed by atoms with Crippen molar-refractivity contribution in [3.63, 3.8) is 0 Å². The maximum absolute atomic E-state index is 12.5. The van der Waals surface area contributed by atoms with E-state index in [4.69, 9.17) is 4.42 Å². The molecule has 1 fully saturated rings. The average molecular weight is 406 g/mol. The summed E-state index contributed by atoms with van der Waals surface area (Å²) in [5.74, 6) is 1.59. The molecule has 0 aliphatic heterocycles. The van der Waals surface area contributed by atoms with Crippen molar-refractivity contribution in [3.05, 3.63) is 53.8 Å². The second-order valence-corrected chi connectivity index (χ2v) is 8.06. The first-order valence-electron chi connectivity index (χ1n) is 10.2. The van der Waals surface area contributed by atoms with Gasteiger partial charge in [-0.1, -0.05) is 13.0 Å². The Balaban J connectivity index is 1.50.